The van der Waals surface area contributed by atoms with Crippen LogP contribution in [0.15, 0.2) is 164 Å². The van der Waals surface area contributed by atoms with Crippen LogP contribution in [0, 0.1) is 0 Å². The van der Waals surface area contributed by atoms with E-state index in [9.17, 15) is 0 Å². The first kappa shape index (κ1) is 28.1. The number of halogens is 1. The van der Waals surface area contributed by atoms with Gasteiger partial charge in [-0.05, 0) is 72.8 Å². The summed E-state index contributed by atoms with van der Waals surface area (Å²) in [5.41, 5.74) is 6.66. The zero-order valence-electron chi connectivity index (χ0n) is 25.2. The summed E-state index contributed by atoms with van der Waals surface area (Å²) in [5, 5.41) is 5.54. The van der Waals surface area contributed by atoms with Crippen LogP contribution < -0.4 is 9.80 Å². The first-order valence-electron chi connectivity index (χ1n) is 15.5. The largest absolute Gasteiger partial charge is 0.310 e. The molecule has 2 aromatic heterocycles. The smallest absolute Gasteiger partial charge is 0.0640 e. The second kappa shape index (κ2) is 11.6. The minimum atomic E-state index is 0.766. The van der Waals surface area contributed by atoms with Crippen molar-refractivity contribution in [2.24, 2.45) is 0 Å². The Labute approximate surface area is 285 Å². The maximum atomic E-state index is 7.14. The molecule has 7 aromatic carbocycles. The van der Waals surface area contributed by atoms with Gasteiger partial charge in [0.2, 0.25) is 0 Å². The molecule has 5 heteroatoms. The predicted octanol–water partition coefficient (Wildman–Crippen LogP) is 14.0. The Balaban J connectivity index is 1.30. The average molecular weight is 659 g/mol. The molecule has 2 heterocycles. The Kier molecular flexibility index (Phi) is 6.93. The highest BCUT2D eigenvalue weighted by atomic mass is 35.5. The zero-order valence-corrected chi connectivity index (χ0v) is 27.6. The van der Waals surface area contributed by atoms with Crippen molar-refractivity contribution < 1.29 is 0 Å². The van der Waals surface area contributed by atoms with Gasteiger partial charge < -0.3 is 9.80 Å². The van der Waals surface area contributed by atoms with E-state index in [0.29, 0.717) is 0 Å². The number of fused-ring (bicyclic) bond motifs is 6. The molecule has 224 valence electrons. The lowest BCUT2D eigenvalue weighted by Crippen LogP contribution is -2.10. The molecule has 0 atom stereocenters. The van der Waals surface area contributed by atoms with E-state index in [0.717, 1.165) is 44.5 Å². The van der Waals surface area contributed by atoms with Gasteiger partial charge in [-0.3, -0.25) is 0 Å². The summed E-state index contributed by atoms with van der Waals surface area (Å²) in [6, 6.07) is 58.2. The van der Waals surface area contributed by atoms with Crippen molar-refractivity contribution in [3.63, 3.8) is 0 Å². The summed E-state index contributed by atoms with van der Waals surface area (Å²) in [7, 11) is 0. The highest BCUT2D eigenvalue weighted by Gasteiger charge is 2.23. The number of anilines is 6. The van der Waals surface area contributed by atoms with E-state index in [1.54, 1.807) is 11.3 Å². The van der Waals surface area contributed by atoms with Gasteiger partial charge in [0.25, 0.3) is 0 Å². The van der Waals surface area contributed by atoms with Crippen molar-refractivity contribution in [3.05, 3.63) is 169 Å². The molecule has 9 aromatic rings. The van der Waals surface area contributed by atoms with Crippen molar-refractivity contribution in [2.75, 3.05) is 9.80 Å². The summed E-state index contributed by atoms with van der Waals surface area (Å²) in [6.07, 6.45) is 0. The fourth-order valence-corrected chi connectivity index (χ4v) is 9.45. The topological polar surface area (TPSA) is 6.48 Å². The summed E-state index contributed by atoms with van der Waals surface area (Å²) < 4.78 is 4.91. The van der Waals surface area contributed by atoms with E-state index in [1.165, 1.54) is 35.0 Å². The van der Waals surface area contributed by atoms with Crippen LogP contribution in [0.2, 0.25) is 5.02 Å². The van der Waals surface area contributed by atoms with Gasteiger partial charge in [0.05, 0.1) is 21.1 Å². The van der Waals surface area contributed by atoms with E-state index in [2.05, 4.69) is 174 Å². The molecule has 0 aliphatic carbocycles. The van der Waals surface area contributed by atoms with Crippen LogP contribution in [0.3, 0.4) is 0 Å². The molecule has 0 unspecified atom stereocenters. The van der Waals surface area contributed by atoms with Crippen molar-refractivity contribution >= 4 is 109 Å². The van der Waals surface area contributed by atoms with Crippen molar-refractivity contribution in [1.29, 1.82) is 0 Å². The lowest BCUT2D eigenvalue weighted by Gasteiger charge is -2.27. The fraction of sp³-hybridized carbons (Fsp3) is 0. The van der Waals surface area contributed by atoms with Crippen LogP contribution in [0.4, 0.5) is 34.1 Å². The number of para-hydroxylation sites is 3. The first-order valence-corrected chi connectivity index (χ1v) is 17.6. The van der Waals surface area contributed by atoms with E-state index >= 15 is 0 Å². The number of thiophene rings is 2. The van der Waals surface area contributed by atoms with Crippen LogP contribution >= 0.6 is 34.3 Å². The van der Waals surface area contributed by atoms with Crippen LogP contribution in [0.25, 0.3) is 40.3 Å². The highest BCUT2D eigenvalue weighted by Crippen LogP contribution is 2.50. The Bertz CT molecular complexity index is 2500. The molecule has 47 heavy (non-hydrogen) atoms. The van der Waals surface area contributed by atoms with Crippen LogP contribution in [-0.4, -0.2) is 0 Å². The molecule has 0 spiro atoms. The van der Waals surface area contributed by atoms with E-state index < -0.39 is 0 Å². The lowest BCUT2D eigenvalue weighted by molar-refractivity contribution is 1.30. The van der Waals surface area contributed by atoms with Crippen LogP contribution in [0.1, 0.15) is 0 Å². The summed E-state index contributed by atoms with van der Waals surface area (Å²) >= 11 is 10.8. The van der Waals surface area contributed by atoms with Gasteiger partial charge in [-0.15, -0.1) is 22.7 Å². The summed E-state index contributed by atoms with van der Waals surface area (Å²) in [6.45, 7) is 0. The summed E-state index contributed by atoms with van der Waals surface area (Å²) in [4.78, 5) is 4.73. The SMILES string of the molecule is Clc1cc(N(c2ccccc2)c2cccc3sc4c(N(c5ccccc5)c5ccccc5)cccc4c23)cc2sc3ccccc3c12. The van der Waals surface area contributed by atoms with Gasteiger partial charge in [0, 0.05) is 58.4 Å². The van der Waals surface area contributed by atoms with Crippen LogP contribution in [-0.2, 0) is 0 Å². The van der Waals surface area contributed by atoms with Crippen molar-refractivity contribution in [1.82, 2.24) is 0 Å². The molecular formula is C42H27ClN2S2. The van der Waals surface area contributed by atoms with E-state index in [4.69, 9.17) is 11.6 Å². The molecule has 0 saturated carbocycles. The lowest BCUT2D eigenvalue weighted by atomic mass is 10.1. The molecule has 0 saturated heterocycles. The predicted molar refractivity (Wildman–Crippen MR) is 207 cm³/mol. The van der Waals surface area contributed by atoms with Gasteiger partial charge in [-0.25, -0.2) is 0 Å². The third-order valence-corrected chi connectivity index (χ3v) is 11.3. The molecular weight excluding hydrogens is 632 g/mol. The number of nitrogens with zero attached hydrogens (tertiary/aromatic N) is 2. The second-order valence-electron chi connectivity index (χ2n) is 11.5. The second-order valence-corrected chi connectivity index (χ2v) is 14.0. The maximum absolute atomic E-state index is 7.14. The Morgan fingerprint density at radius 3 is 1.60 bits per heavy atom. The molecule has 0 bridgehead atoms. The van der Waals surface area contributed by atoms with Crippen LogP contribution in [0.5, 0.6) is 0 Å². The molecule has 0 radical (unpaired) electrons. The van der Waals surface area contributed by atoms with Gasteiger partial charge in [0.1, 0.15) is 0 Å². The zero-order chi connectivity index (χ0) is 31.3. The van der Waals surface area contributed by atoms with Gasteiger partial charge in [-0.2, -0.15) is 0 Å². The molecule has 0 fully saturated rings. The Morgan fingerprint density at radius 2 is 0.915 bits per heavy atom. The summed E-state index contributed by atoms with van der Waals surface area (Å²) in [5.74, 6) is 0. The minimum Gasteiger partial charge on any atom is -0.310 e. The molecule has 9 rings (SSSR count). The Hall–Kier alpha value is -5.13. The van der Waals surface area contributed by atoms with Crippen molar-refractivity contribution in [2.45, 2.75) is 0 Å². The molecule has 0 aliphatic rings. The fourth-order valence-electron chi connectivity index (χ4n) is 6.68. The minimum absolute atomic E-state index is 0.766. The van der Waals surface area contributed by atoms with Crippen molar-refractivity contribution in [3.8, 4) is 0 Å². The first-order chi connectivity index (χ1) is 23.2. The molecule has 0 aliphatic heterocycles. The number of hydrogen-bond acceptors (Lipinski definition) is 4. The third kappa shape index (κ3) is 4.76. The third-order valence-electron chi connectivity index (χ3n) is 8.68. The quantitative estimate of drug-likeness (QED) is 0.175. The van der Waals surface area contributed by atoms with Gasteiger partial charge in [-0.1, -0.05) is 103 Å². The number of hydrogen-bond donors (Lipinski definition) is 0. The number of rotatable bonds is 6. The Morgan fingerprint density at radius 1 is 0.383 bits per heavy atom. The monoisotopic (exact) mass is 658 g/mol. The van der Waals surface area contributed by atoms with E-state index in [-0.39, 0.29) is 0 Å². The maximum Gasteiger partial charge on any atom is 0.0640 e. The molecule has 2 nitrogen and oxygen atoms in total. The van der Waals surface area contributed by atoms with Gasteiger partial charge in [0.15, 0.2) is 0 Å². The van der Waals surface area contributed by atoms with E-state index in [1.807, 2.05) is 11.3 Å². The standard InChI is InChI=1S/C42H27ClN2S2/c43-34-26-31(27-39-40(34)32-20-10-11-24-37(32)46-39)45(30-18-8-3-9-19-30)35-22-13-25-38-41(35)33-21-12-23-36(42(33)47-38)44(28-14-4-1-5-15-28)29-16-6-2-7-17-29/h1-27H. The molecule has 0 amide bonds. The normalized spacial score (nSPS) is 11.5. The molecule has 0 N–H and O–H groups in total. The highest BCUT2D eigenvalue weighted by molar-refractivity contribution is 7.26. The number of benzene rings is 7. The van der Waals surface area contributed by atoms with Gasteiger partial charge >= 0.3 is 0 Å². The average Bonchev–Trinajstić information content (AvgIpc) is 3.70.